The molecule has 3 aromatic rings. The van der Waals surface area contributed by atoms with Crippen LogP contribution in [0.3, 0.4) is 0 Å². The van der Waals surface area contributed by atoms with Gasteiger partial charge in [-0.25, -0.2) is 4.98 Å². The van der Waals surface area contributed by atoms with Crippen molar-refractivity contribution in [2.24, 2.45) is 0 Å². The first-order chi connectivity index (χ1) is 13.6. The summed E-state index contributed by atoms with van der Waals surface area (Å²) in [5.41, 5.74) is 1.63. The number of rotatable bonds is 4. The van der Waals surface area contributed by atoms with Crippen LogP contribution in [0.25, 0.3) is 5.69 Å². The zero-order chi connectivity index (χ0) is 19.5. The zero-order valence-corrected chi connectivity index (χ0v) is 15.5. The molecule has 0 bridgehead atoms. The summed E-state index contributed by atoms with van der Waals surface area (Å²) in [4.78, 5) is 34.8. The van der Waals surface area contributed by atoms with E-state index in [4.69, 9.17) is 0 Å². The summed E-state index contributed by atoms with van der Waals surface area (Å²) in [5.74, 6) is 0.350. The molecule has 0 radical (unpaired) electrons. The summed E-state index contributed by atoms with van der Waals surface area (Å²) in [6, 6.07) is 11.0. The van der Waals surface area contributed by atoms with Crippen molar-refractivity contribution in [2.45, 2.75) is 25.8 Å². The fraction of sp³-hybridized carbons (Fsp3) is 0.316. The van der Waals surface area contributed by atoms with Crippen molar-refractivity contribution in [2.75, 3.05) is 18.0 Å². The van der Waals surface area contributed by atoms with E-state index in [1.165, 1.54) is 17.1 Å². The van der Waals surface area contributed by atoms with Gasteiger partial charge in [-0.15, -0.1) is 5.10 Å². The van der Waals surface area contributed by atoms with Crippen molar-refractivity contribution in [1.29, 1.82) is 0 Å². The molecule has 2 N–H and O–H groups in total. The fourth-order valence-electron chi connectivity index (χ4n) is 3.26. The quantitative estimate of drug-likeness (QED) is 0.702. The van der Waals surface area contributed by atoms with Gasteiger partial charge in [0, 0.05) is 30.9 Å². The zero-order valence-electron chi connectivity index (χ0n) is 15.5. The number of nitrogens with one attached hydrogen (secondary N) is 2. The minimum Gasteiger partial charge on any atom is -0.348 e. The third kappa shape index (κ3) is 3.93. The van der Waals surface area contributed by atoms with Crippen LogP contribution in [0.5, 0.6) is 0 Å². The lowest BCUT2D eigenvalue weighted by Gasteiger charge is -2.32. The Hall–Kier alpha value is -3.49. The highest BCUT2D eigenvalue weighted by molar-refractivity contribution is 5.92. The maximum atomic E-state index is 12.5. The number of aromatic nitrogens is 5. The second-order valence-electron chi connectivity index (χ2n) is 6.80. The number of aryl methyl sites for hydroxylation is 1. The molecule has 0 saturated carbocycles. The van der Waals surface area contributed by atoms with Crippen molar-refractivity contribution in [3.05, 3.63) is 64.3 Å². The number of benzene rings is 1. The first-order valence-corrected chi connectivity index (χ1v) is 9.20. The summed E-state index contributed by atoms with van der Waals surface area (Å²) in [6.45, 7) is 3.20. The number of nitrogens with zero attached hydrogens (tertiary/aromatic N) is 5. The normalized spacial score (nSPS) is 14.8. The molecule has 144 valence electrons. The highest BCUT2D eigenvalue weighted by Gasteiger charge is 2.23. The molecule has 2 aromatic heterocycles. The average molecular weight is 379 g/mol. The Morgan fingerprint density at radius 3 is 2.68 bits per heavy atom. The van der Waals surface area contributed by atoms with Gasteiger partial charge in [0.05, 0.1) is 11.9 Å². The van der Waals surface area contributed by atoms with Crippen molar-refractivity contribution >= 4 is 11.9 Å². The largest absolute Gasteiger partial charge is 0.348 e. The van der Waals surface area contributed by atoms with Crippen LogP contribution in [0.2, 0.25) is 0 Å². The molecule has 0 atom stereocenters. The number of piperidine rings is 1. The van der Waals surface area contributed by atoms with Gasteiger partial charge in [0.25, 0.3) is 11.5 Å². The van der Waals surface area contributed by atoms with E-state index in [1.54, 1.807) is 6.92 Å². The van der Waals surface area contributed by atoms with E-state index >= 15 is 0 Å². The second kappa shape index (κ2) is 7.63. The Labute approximate surface area is 161 Å². The molecule has 1 aliphatic heterocycles. The SMILES string of the molecule is Cc1cc(=O)[nH]c(N2CCC(NC(=O)c3cnn(-c4ccccc4)n3)CC2)n1. The van der Waals surface area contributed by atoms with Gasteiger partial charge in [0.1, 0.15) is 0 Å². The minimum absolute atomic E-state index is 0.0437. The van der Waals surface area contributed by atoms with E-state index in [2.05, 4.69) is 25.5 Å². The minimum atomic E-state index is -0.234. The second-order valence-corrected chi connectivity index (χ2v) is 6.80. The number of aromatic amines is 1. The number of para-hydroxylation sites is 1. The molecule has 0 unspecified atom stereocenters. The van der Waals surface area contributed by atoms with E-state index < -0.39 is 0 Å². The van der Waals surface area contributed by atoms with E-state index in [0.29, 0.717) is 24.7 Å². The molecule has 3 heterocycles. The number of amides is 1. The van der Waals surface area contributed by atoms with Crippen LogP contribution in [-0.2, 0) is 0 Å². The molecule has 4 rings (SSSR count). The highest BCUT2D eigenvalue weighted by Crippen LogP contribution is 2.16. The maximum absolute atomic E-state index is 12.5. The van der Waals surface area contributed by atoms with Crippen molar-refractivity contribution in [1.82, 2.24) is 30.3 Å². The van der Waals surface area contributed by atoms with Gasteiger partial charge in [-0.05, 0) is 31.9 Å². The number of carbonyl (C=O) groups excluding carboxylic acids is 1. The Bertz CT molecular complexity index is 1020. The molecule has 1 fully saturated rings. The maximum Gasteiger partial charge on any atom is 0.273 e. The third-order valence-corrected chi connectivity index (χ3v) is 4.70. The molecule has 1 aliphatic rings. The van der Waals surface area contributed by atoms with Gasteiger partial charge in [-0.1, -0.05) is 18.2 Å². The molecule has 9 heteroatoms. The summed E-state index contributed by atoms with van der Waals surface area (Å²) >= 11 is 0. The van der Waals surface area contributed by atoms with Crippen LogP contribution in [0.1, 0.15) is 29.0 Å². The number of carbonyl (C=O) groups is 1. The van der Waals surface area contributed by atoms with Gasteiger partial charge in [-0.3, -0.25) is 14.6 Å². The van der Waals surface area contributed by atoms with Gasteiger partial charge in [0.15, 0.2) is 5.69 Å². The van der Waals surface area contributed by atoms with E-state index in [-0.39, 0.29) is 23.2 Å². The van der Waals surface area contributed by atoms with E-state index in [9.17, 15) is 9.59 Å². The lowest BCUT2D eigenvalue weighted by molar-refractivity contribution is 0.0925. The van der Waals surface area contributed by atoms with Crippen LogP contribution in [0, 0.1) is 6.92 Å². The highest BCUT2D eigenvalue weighted by atomic mass is 16.2. The van der Waals surface area contributed by atoms with Gasteiger partial charge >= 0.3 is 0 Å². The average Bonchev–Trinajstić information content (AvgIpc) is 3.19. The number of anilines is 1. The van der Waals surface area contributed by atoms with Crippen LogP contribution >= 0.6 is 0 Å². The molecule has 0 aliphatic carbocycles. The molecule has 1 saturated heterocycles. The predicted molar refractivity (Wildman–Crippen MR) is 104 cm³/mol. The predicted octanol–water partition coefficient (Wildman–Crippen LogP) is 1.06. The molecule has 9 nitrogen and oxygen atoms in total. The number of H-pyrrole nitrogens is 1. The fourth-order valence-corrected chi connectivity index (χ4v) is 3.26. The summed E-state index contributed by atoms with van der Waals surface area (Å²) in [5, 5.41) is 11.4. The van der Waals surface area contributed by atoms with Gasteiger partial charge in [-0.2, -0.15) is 9.90 Å². The monoisotopic (exact) mass is 379 g/mol. The van der Waals surface area contributed by atoms with Crippen LogP contribution in [0.15, 0.2) is 47.4 Å². The topological polar surface area (TPSA) is 109 Å². The number of hydrogen-bond donors (Lipinski definition) is 2. The molecule has 28 heavy (non-hydrogen) atoms. The summed E-state index contributed by atoms with van der Waals surface area (Å²) in [6.07, 6.45) is 2.99. The standard InChI is InChI=1S/C19H21N7O2/c1-13-11-17(27)23-19(21-13)25-9-7-14(8-10-25)22-18(28)16-12-20-26(24-16)15-5-3-2-4-6-15/h2-6,11-12,14H,7-10H2,1H3,(H,22,28)(H,21,23,27). The van der Waals surface area contributed by atoms with E-state index in [1.807, 2.05) is 35.2 Å². The van der Waals surface area contributed by atoms with Crippen molar-refractivity contribution < 1.29 is 4.79 Å². The van der Waals surface area contributed by atoms with Crippen LogP contribution in [-0.4, -0.2) is 50.0 Å². The van der Waals surface area contributed by atoms with E-state index in [0.717, 1.165) is 18.5 Å². The molecule has 0 spiro atoms. The number of hydrogen-bond acceptors (Lipinski definition) is 6. The lowest BCUT2D eigenvalue weighted by atomic mass is 10.1. The Morgan fingerprint density at radius 2 is 1.96 bits per heavy atom. The Morgan fingerprint density at radius 1 is 1.21 bits per heavy atom. The van der Waals surface area contributed by atoms with Gasteiger partial charge < -0.3 is 10.2 Å². The van der Waals surface area contributed by atoms with Crippen molar-refractivity contribution in [3.8, 4) is 5.69 Å². The van der Waals surface area contributed by atoms with Crippen molar-refractivity contribution in [3.63, 3.8) is 0 Å². The smallest absolute Gasteiger partial charge is 0.273 e. The molecule has 1 amide bonds. The molecular formula is C19H21N7O2. The summed E-state index contributed by atoms with van der Waals surface area (Å²) < 4.78 is 0. The molecule has 1 aromatic carbocycles. The Kier molecular flexibility index (Phi) is 4.88. The van der Waals surface area contributed by atoms with Crippen LogP contribution < -0.4 is 15.8 Å². The van der Waals surface area contributed by atoms with Gasteiger partial charge in [0.2, 0.25) is 5.95 Å². The molecular weight excluding hydrogens is 358 g/mol. The first-order valence-electron chi connectivity index (χ1n) is 9.20. The first kappa shape index (κ1) is 17.9. The summed E-state index contributed by atoms with van der Waals surface area (Å²) in [7, 11) is 0. The Balaban J connectivity index is 1.35. The lowest BCUT2D eigenvalue weighted by Crippen LogP contribution is -2.45. The van der Waals surface area contributed by atoms with Crippen LogP contribution in [0.4, 0.5) is 5.95 Å². The third-order valence-electron chi connectivity index (χ3n) is 4.70.